The molecule has 1 unspecified atom stereocenters. The Kier molecular flexibility index (Phi) is 5.63. The van der Waals surface area contributed by atoms with E-state index in [1.165, 1.54) is 0 Å². The average Bonchev–Trinajstić information content (AvgIpc) is 2.90. The molecule has 0 radical (unpaired) electrons. The van der Waals surface area contributed by atoms with Gasteiger partial charge < -0.3 is 15.4 Å². The molecule has 1 aliphatic rings. The van der Waals surface area contributed by atoms with E-state index in [4.69, 9.17) is 27.9 Å². The Bertz CT molecular complexity index is 607. The van der Waals surface area contributed by atoms with Gasteiger partial charge in [0.05, 0.1) is 0 Å². The second kappa shape index (κ2) is 7.47. The lowest BCUT2D eigenvalue weighted by atomic mass is 10.2. The number of nitrogens with one attached hydrogen (secondary N) is 2. The number of carbonyl (C=O) groups excluding carboxylic acids is 3. The Hall–Kier alpha value is -1.79. The maximum Gasteiger partial charge on any atom is 0.329 e. The van der Waals surface area contributed by atoms with Crippen molar-refractivity contribution in [1.82, 2.24) is 10.6 Å². The highest BCUT2D eigenvalue weighted by atomic mass is 35.5. The predicted molar refractivity (Wildman–Crippen MR) is 80.4 cm³/mol. The van der Waals surface area contributed by atoms with Gasteiger partial charge in [-0.15, -0.1) is 0 Å². The second-order valence-corrected chi connectivity index (χ2v) is 5.62. The van der Waals surface area contributed by atoms with Gasteiger partial charge in [-0.3, -0.25) is 9.59 Å². The van der Waals surface area contributed by atoms with Crippen LogP contribution in [0.4, 0.5) is 0 Å². The van der Waals surface area contributed by atoms with Crippen molar-refractivity contribution in [2.75, 3.05) is 6.61 Å². The highest BCUT2D eigenvalue weighted by molar-refractivity contribution is 6.35. The minimum atomic E-state index is -0.661. The Morgan fingerprint density at radius 1 is 1.36 bits per heavy atom. The molecular weight excluding hydrogens is 331 g/mol. The van der Waals surface area contributed by atoms with E-state index < -0.39 is 24.5 Å². The fourth-order valence-corrected chi connectivity index (χ4v) is 2.41. The molecule has 0 spiro atoms. The van der Waals surface area contributed by atoms with Gasteiger partial charge in [-0.1, -0.05) is 29.3 Å². The molecule has 1 heterocycles. The molecule has 2 N–H and O–H groups in total. The van der Waals surface area contributed by atoms with E-state index in [0.717, 1.165) is 0 Å². The quantitative estimate of drug-likeness (QED) is 0.791. The fourth-order valence-electron chi connectivity index (χ4n) is 1.94. The molecule has 2 amide bonds. The van der Waals surface area contributed by atoms with E-state index >= 15 is 0 Å². The van der Waals surface area contributed by atoms with Crippen molar-refractivity contribution >= 4 is 41.0 Å². The van der Waals surface area contributed by atoms with E-state index in [-0.39, 0.29) is 12.5 Å². The summed E-state index contributed by atoms with van der Waals surface area (Å²) < 4.78 is 4.85. The molecule has 1 aromatic rings. The van der Waals surface area contributed by atoms with Crippen LogP contribution in [0.2, 0.25) is 10.0 Å². The molecule has 0 saturated carbocycles. The highest BCUT2D eigenvalue weighted by Gasteiger charge is 2.28. The summed E-state index contributed by atoms with van der Waals surface area (Å²) in [6, 6.07) is 4.28. The summed E-state index contributed by atoms with van der Waals surface area (Å²) in [5.74, 6) is -1.25. The SMILES string of the molecule is O=C(COC(=O)C1CCC(=O)N1)NCc1ccc(Cl)cc1Cl. The Morgan fingerprint density at radius 2 is 2.14 bits per heavy atom. The molecule has 6 nitrogen and oxygen atoms in total. The lowest BCUT2D eigenvalue weighted by molar-refractivity contribution is -0.150. The number of esters is 1. The fraction of sp³-hybridized carbons (Fsp3) is 0.357. The van der Waals surface area contributed by atoms with Crippen molar-refractivity contribution in [2.45, 2.75) is 25.4 Å². The van der Waals surface area contributed by atoms with Crippen LogP contribution < -0.4 is 10.6 Å². The number of halogens is 2. The van der Waals surface area contributed by atoms with Crippen LogP contribution in [0.25, 0.3) is 0 Å². The molecule has 1 aromatic carbocycles. The predicted octanol–water partition coefficient (Wildman–Crippen LogP) is 1.43. The first-order valence-corrected chi connectivity index (χ1v) is 7.38. The molecular formula is C14H14Cl2N2O4. The number of hydrogen-bond donors (Lipinski definition) is 2. The molecule has 22 heavy (non-hydrogen) atoms. The highest BCUT2D eigenvalue weighted by Crippen LogP contribution is 2.20. The van der Waals surface area contributed by atoms with Crippen molar-refractivity contribution in [2.24, 2.45) is 0 Å². The molecule has 0 bridgehead atoms. The summed E-state index contributed by atoms with van der Waals surface area (Å²) in [4.78, 5) is 34.2. The summed E-state index contributed by atoms with van der Waals surface area (Å²) in [6.07, 6.45) is 0.681. The third-order valence-electron chi connectivity index (χ3n) is 3.12. The van der Waals surface area contributed by atoms with Gasteiger partial charge in [0.1, 0.15) is 6.04 Å². The first-order chi connectivity index (χ1) is 10.5. The first kappa shape index (κ1) is 16.6. The van der Waals surface area contributed by atoms with Crippen LogP contribution in [0.3, 0.4) is 0 Å². The molecule has 2 rings (SSSR count). The number of carbonyl (C=O) groups is 3. The first-order valence-electron chi connectivity index (χ1n) is 6.62. The second-order valence-electron chi connectivity index (χ2n) is 4.78. The molecule has 0 aliphatic carbocycles. The Labute approximate surface area is 137 Å². The van der Waals surface area contributed by atoms with Crippen LogP contribution in [0.15, 0.2) is 18.2 Å². The number of ether oxygens (including phenoxy) is 1. The minimum absolute atomic E-state index is 0.191. The third-order valence-corrected chi connectivity index (χ3v) is 3.70. The molecule has 118 valence electrons. The molecule has 1 atom stereocenters. The van der Waals surface area contributed by atoms with Crippen molar-refractivity contribution in [3.05, 3.63) is 33.8 Å². The molecule has 1 saturated heterocycles. The zero-order chi connectivity index (χ0) is 16.1. The summed E-state index contributed by atoms with van der Waals surface area (Å²) in [5, 5.41) is 6.01. The van der Waals surface area contributed by atoms with Crippen LogP contribution in [0.5, 0.6) is 0 Å². The summed E-state index contributed by atoms with van der Waals surface area (Å²) >= 11 is 11.8. The summed E-state index contributed by atoms with van der Waals surface area (Å²) in [5.41, 5.74) is 0.703. The molecule has 0 aromatic heterocycles. The van der Waals surface area contributed by atoms with Gasteiger partial charge in [0.15, 0.2) is 6.61 Å². The summed E-state index contributed by atoms with van der Waals surface area (Å²) in [7, 11) is 0. The molecule has 8 heteroatoms. The minimum Gasteiger partial charge on any atom is -0.454 e. The van der Waals surface area contributed by atoms with Gasteiger partial charge >= 0.3 is 5.97 Å². The Morgan fingerprint density at radius 3 is 2.77 bits per heavy atom. The largest absolute Gasteiger partial charge is 0.454 e. The normalized spacial score (nSPS) is 17.0. The van der Waals surface area contributed by atoms with Crippen molar-refractivity contribution in [3.8, 4) is 0 Å². The van der Waals surface area contributed by atoms with Crippen molar-refractivity contribution < 1.29 is 19.1 Å². The van der Waals surface area contributed by atoms with Gasteiger partial charge in [0, 0.05) is 23.0 Å². The number of benzene rings is 1. The van der Waals surface area contributed by atoms with E-state index in [1.54, 1.807) is 18.2 Å². The lowest BCUT2D eigenvalue weighted by Gasteiger charge is -2.11. The van der Waals surface area contributed by atoms with Gasteiger partial charge in [-0.05, 0) is 24.1 Å². The molecule has 1 aliphatic heterocycles. The van der Waals surface area contributed by atoms with E-state index in [0.29, 0.717) is 28.5 Å². The van der Waals surface area contributed by atoms with Crippen LogP contribution in [0, 0.1) is 0 Å². The van der Waals surface area contributed by atoms with Crippen molar-refractivity contribution in [1.29, 1.82) is 0 Å². The topological polar surface area (TPSA) is 84.5 Å². The van der Waals surface area contributed by atoms with E-state index in [2.05, 4.69) is 10.6 Å². The smallest absolute Gasteiger partial charge is 0.329 e. The third kappa shape index (κ3) is 4.61. The number of hydrogen-bond acceptors (Lipinski definition) is 4. The van der Waals surface area contributed by atoms with Crippen LogP contribution in [-0.2, 0) is 25.7 Å². The van der Waals surface area contributed by atoms with Gasteiger partial charge in [0.2, 0.25) is 5.91 Å². The zero-order valence-corrected chi connectivity index (χ0v) is 13.0. The van der Waals surface area contributed by atoms with E-state index in [9.17, 15) is 14.4 Å². The maximum atomic E-state index is 11.6. The average molecular weight is 345 g/mol. The summed E-state index contributed by atoms with van der Waals surface area (Å²) in [6.45, 7) is -0.205. The number of amides is 2. The standard InChI is InChI=1S/C14H14Cl2N2O4/c15-9-2-1-8(10(16)5-9)6-17-13(20)7-22-14(21)11-3-4-12(19)18-11/h1-2,5,11H,3-4,6-7H2,(H,17,20)(H,18,19). The molecule has 1 fully saturated rings. The van der Waals surface area contributed by atoms with Crippen LogP contribution in [0.1, 0.15) is 18.4 Å². The maximum absolute atomic E-state index is 11.6. The monoisotopic (exact) mass is 344 g/mol. The van der Waals surface area contributed by atoms with Crippen molar-refractivity contribution in [3.63, 3.8) is 0 Å². The van der Waals surface area contributed by atoms with Gasteiger partial charge in [-0.2, -0.15) is 0 Å². The van der Waals surface area contributed by atoms with Gasteiger partial charge in [0.25, 0.3) is 5.91 Å². The zero-order valence-electron chi connectivity index (χ0n) is 11.5. The van der Waals surface area contributed by atoms with Gasteiger partial charge in [-0.25, -0.2) is 4.79 Å². The Balaban J connectivity index is 1.74. The lowest BCUT2D eigenvalue weighted by Crippen LogP contribution is -2.37. The van der Waals surface area contributed by atoms with Crippen LogP contribution >= 0.6 is 23.2 Å². The van der Waals surface area contributed by atoms with Crippen LogP contribution in [-0.4, -0.2) is 30.4 Å². The number of rotatable bonds is 5. The van der Waals surface area contributed by atoms with E-state index in [1.807, 2.05) is 0 Å².